The van der Waals surface area contributed by atoms with Crippen molar-refractivity contribution >= 4 is 5.91 Å². The van der Waals surface area contributed by atoms with Gasteiger partial charge in [0.1, 0.15) is 0 Å². The molecule has 0 spiro atoms. The number of aromatic nitrogens is 3. The normalized spacial score (nSPS) is 27.5. The lowest BCUT2D eigenvalue weighted by atomic mass is 9.75. The van der Waals surface area contributed by atoms with E-state index in [4.69, 9.17) is 5.73 Å². The Morgan fingerprint density at radius 3 is 2.41 bits per heavy atom. The van der Waals surface area contributed by atoms with Crippen molar-refractivity contribution < 1.29 is 4.79 Å². The Bertz CT molecular complexity index is 559. The molecule has 0 bridgehead atoms. The molecule has 1 fully saturated rings. The van der Waals surface area contributed by atoms with Gasteiger partial charge in [-0.05, 0) is 53.4 Å². The van der Waals surface area contributed by atoms with Gasteiger partial charge in [0.2, 0.25) is 5.91 Å². The SMILES string of the molecule is CC1(C)CC(N)CC(C)(C)N1C(=O)C1CCc2n[nH]nc2C1. The number of nitrogens with zero attached hydrogens (tertiary/aromatic N) is 3. The number of aryl methyl sites for hydroxylation is 1. The van der Waals surface area contributed by atoms with Crippen LogP contribution in [-0.4, -0.2) is 43.3 Å². The van der Waals surface area contributed by atoms with Crippen molar-refractivity contribution in [3.63, 3.8) is 0 Å². The second-order valence-corrected chi connectivity index (χ2v) is 8.12. The highest BCUT2D eigenvalue weighted by Gasteiger charge is 2.48. The maximum Gasteiger partial charge on any atom is 0.226 e. The summed E-state index contributed by atoms with van der Waals surface area (Å²) in [7, 11) is 0. The number of aromatic amines is 1. The second kappa shape index (κ2) is 5.05. The van der Waals surface area contributed by atoms with Crippen LogP contribution in [0.2, 0.25) is 0 Å². The molecule has 0 aromatic carbocycles. The zero-order valence-corrected chi connectivity index (χ0v) is 14.0. The van der Waals surface area contributed by atoms with E-state index in [9.17, 15) is 4.79 Å². The second-order valence-electron chi connectivity index (χ2n) is 8.12. The van der Waals surface area contributed by atoms with Gasteiger partial charge in [0.05, 0.1) is 11.4 Å². The van der Waals surface area contributed by atoms with Crippen molar-refractivity contribution in [3.05, 3.63) is 11.4 Å². The molecule has 1 aromatic heterocycles. The van der Waals surface area contributed by atoms with Gasteiger partial charge in [0, 0.05) is 29.5 Å². The summed E-state index contributed by atoms with van der Waals surface area (Å²) in [5.41, 5.74) is 7.77. The van der Waals surface area contributed by atoms with Crippen LogP contribution in [0, 0.1) is 5.92 Å². The van der Waals surface area contributed by atoms with Crippen LogP contribution in [0.25, 0.3) is 0 Å². The average Bonchev–Trinajstić information content (AvgIpc) is 2.81. The fourth-order valence-electron chi connectivity index (χ4n) is 4.63. The van der Waals surface area contributed by atoms with Gasteiger partial charge in [-0.3, -0.25) is 4.79 Å². The molecule has 2 heterocycles. The highest BCUT2D eigenvalue weighted by molar-refractivity contribution is 5.81. The van der Waals surface area contributed by atoms with E-state index in [2.05, 4.69) is 48.0 Å². The summed E-state index contributed by atoms with van der Waals surface area (Å²) in [4.78, 5) is 15.3. The lowest BCUT2D eigenvalue weighted by molar-refractivity contribution is -0.154. The quantitative estimate of drug-likeness (QED) is 0.821. The summed E-state index contributed by atoms with van der Waals surface area (Å²) >= 11 is 0. The van der Waals surface area contributed by atoms with Crippen molar-refractivity contribution in [1.29, 1.82) is 0 Å². The number of amides is 1. The number of H-pyrrole nitrogens is 1. The maximum absolute atomic E-state index is 13.2. The number of rotatable bonds is 1. The van der Waals surface area contributed by atoms with E-state index < -0.39 is 0 Å². The summed E-state index contributed by atoms with van der Waals surface area (Å²) < 4.78 is 0. The first-order valence-corrected chi connectivity index (χ1v) is 8.19. The molecule has 3 N–H and O–H groups in total. The number of nitrogens with one attached hydrogen (secondary N) is 1. The first-order valence-electron chi connectivity index (χ1n) is 8.19. The molecule has 0 radical (unpaired) electrons. The van der Waals surface area contributed by atoms with Crippen LogP contribution in [0.5, 0.6) is 0 Å². The number of piperidine rings is 1. The molecule has 6 heteroatoms. The summed E-state index contributed by atoms with van der Waals surface area (Å²) in [5.74, 6) is 0.251. The summed E-state index contributed by atoms with van der Waals surface area (Å²) in [6.07, 6.45) is 4.08. The summed E-state index contributed by atoms with van der Waals surface area (Å²) in [6.45, 7) is 8.54. The minimum atomic E-state index is -0.206. The van der Waals surface area contributed by atoms with E-state index in [1.54, 1.807) is 0 Å². The highest BCUT2D eigenvalue weighted by Crippen LogP contribution is 2.40. The number of carbonyl (C=O) groups excluding carboxylic acids is 1. The number of hydrogen-bond acceptors (Lipinski definition) is 4. The van der Waals surface area contributed by atoms with E-state index >= 15 is 0 Å². The number of carbonyl (C=O) groups is 1. The van der Waals surface area contributed by atoms with Crippen molar-refractivity contribution in [2.75, 3.05) is 0 Å². The van der Waals surface area contributed by atoms with Crippen LogP contribution in [0.15, 0.2) is 0 Å². The van der Waals surface area contributed by atoms with Gasteiger partial charge in [0.15, 0.2) is 0 Å². The Kier molecular flexibility index (Phi) is 3.55. The zero-order chi connectivity index (χ0) is 16.1. The topological polar surface area (TPSA) is 87.9 Å². The maximum atomic E-state index is 13.2. The predicted octanol–water partition coefficient (Wildman–Crippen LogP) is 1.42. The standard InChI is InChI=1S/C16H27N5O/c1-15(2)8-11(17)9-16(3,4)21(15)14(22)10-5-6-12-13(7-10)19-20-18-12/h10-11H,5-9,17H2,1-4H3,(H,18,19,20). The Morgan fingerprint density at radius 2 is 1.77 bits per heavy atom. The molecule has 1 aliphatic carbocycles. The van der Waals surface area contributed by atoms with Gasteiger partial charge in [-0.1, -0.05) is 0 Å². The number of likely N-dealkylation sites (tertiary alicyclic amines) is 1. The Labute approximate surface area is 131 Å². The summed E-state index contributed by atoms with van der Waals surface area (Å²) in [6, 6.07) is 0.155. The van der Waals surface area contributed by atoms with E-state index in [0.717, 1.165) is 37.1 Å². The molecule has 6 nitrogen and oxygen atoms in total. The van der Waals surface area contributed by atoms with E-state index in [1.165, 1.54) is 0 Å². The van der Waals surface area contributed by atoms with Crippen molar-refractivity contribution in [2.24, 2.45) is 11.7 Å². The molecule has 1 atom stereocenters. The van der Waals surface area contributed by atoms with Gasteiger partial charge in [-0.2, -0.15) is 15.4 Å². The Balaban J connectivity index is 1.84. The van der Waals surface area contributed by atoms with E-state index in [-0.39, 0.29) is 28.9 Å². The van der Waals surface area contributed by atoms with Crippen molar-refractivity contribution in [3.8, 4) is 0 Å². The van der Waals surface area contributed by atoms with Crippen molar-refractivity contribution in [1.82, 2.24) is 20.3 Å². The minimum Gasteiger partial charge on any atom is -0.332 e. The smallest absolute Gasteiger partial charge is 0.226 e. The fraction of sp³-hybridized carbons (Fsp3) is 0.812. The average molecular weight is 305 g/mol. The predicted molar refractivity (Wildman–Crippen MR) is 84.1 cm³/mol. The molecule has 1 amide bonds. The minimum absolute atomic E-state index is 0.00507. The molecule has 22 heavy (non-hydrogen) atoms. The monoisotopic (exact) mass is 305 g/mol. The Hall–Kier alpha value is -1.43. The molecule has 2 aliphatic rings. The van der Waals surface area contributed by atoms with E-state index in [1.807, 2.05) is 0 Å². The van der Waals surface area contributed by atoms with Crippen LogP contribution >= 0.6 is 0 Å². The molecule has 3 rings (SSSR count). The van der Waals surface area contributed by atoms with Crippen LogP contribution in [0.4, 0.5) is 0 Å². The fourth-order valence-corrected chi connectivity index (χ4v) is 4.63. The highest BCUT2D eigenvalue weighted by atomic mass is 16.2. The third kappa shape index (κ3) is 2.53. The molecular weight excluding hydrogens is 278 g/mol. The molecule has 122 valence electrons. The number of fused-ring (bicyclic) bond motifs is 1. The van der Waals surface area contributed by atoms with Crippen LogP contribution in [-0.2, 0) is 17.6 Å². The van der Waals surface area contributed by atoms with Crippen LogP contribution in [0.1, 0.15) is 58.3 Å². The molecule has 1 aliphatic heterocycles. The molecule has 1 saturated heterocycles. The first kappa shape index (κ1) is 15.5. The third-order valence-electron chi connectivity index (χ3n) is 5.18. The van der Waals surface area contributed by atoms with Gasteiger partial charge >= 0.3 is 0 Å². The molecule has 0 saturated carbocycles. The molecule has 1 unspecified atom stereocenters. The van der Waals surface area contributed by atoms with E-state index in [0.29, 0.717) is 6.42 Å². The van der Waals surface area contributed by atoms with Gasteiger partial charge in [0.25, 0.3) is 0 Å². The third-order valence-corrected chi connectivity index (χ3v) is 5.18. The number of hydrogen-bond donors (Lipinski definition) is 2. The van der Waals surface area contributed by atoms with Crippen LogP contribution in [0.3, 0.4) is 0 Å². The Morgan fingerprint density at radius 1 is 1.18 bits per heavy atom. The van der Waals surface area contributed by atoms with Crippen LogP contribution < -0.4 is 5.73 Å². The first-order chi connectivity index (χ1) is 10.2. The lowest BCUT2D eigenvalue weighted by Gasteiger charge is -2.55. The summed E-state index contributed by atoms with van der Waals surface area (Å²) in [5, 5.41) is 11.0. The lowest BCUT2D eigenvalue weighted by Crippen LogP contribution is -2.66. The van der Waals surface area contributed by atoms with Gasteiger partial charge in [-0.25, -0.2) is 0 Å². The van der Waals surface area contributed by atoms with Gasteiger partial charge in [-0.15, -0.1) is 0 Å². The largest absolute Gasteiger partial charge is 0.332 e. The molecular formula is C16H27N5O. The zero-order valence-electron chi connectivity index (χ0n) is 14.0. The van der Waals surface area contributed by atoms with Crippen molar-refractivity contribution in [2.45, 2.75) is 76.9 Å². The molecule has 1 aromatic rings. The van der Waals surface area contributed by atoms with Gasteiger partial charge < -0.3 is 10.6 Å². The number of nitrogens with two attached hydrogens (primary N) is 1.